The topological polar surface area (TPSA) is 29.0 Å². The standard InChI is InChI=1S/C13H14ClN3/c1-9-6-10(2)8-11(7-9)17(3)12-4-5-15-13(14)16-12/h4-8H,1-3H3. The summed E-state index contributed by atoms with van der Waals surface area (Å²) in [6.07, 6.45) is 1.66. The van der Waals surface area contributed by atoms with Crippen molar-refractivity contribution in [3.05, 3.63) is 46.9 Å². The third-order valence-corrected chi connectivity index (χ3v) is 2.73. The van der Waals surface area contributed by atoms with Gasteiger partial charge in [0.15, 0.2) is 0 Å². The molecule has 0 unspecified atom stereocenters. The van der Waals surface area contributed by atoms with Crippen LogP contribution in [0.4, 0.5) is 11.5 Å². The molecule has 0 bridgehead atoms. The summed E-state index contributed by atoms with van der Waals surface area (Å²) in [7, 11) is 1.97. The van der Waals surface area contributed by atoms with Crippen LogP contribution in [0.15, 0.2) is 30.5 Å². The Morgan fingerprint density at radius 3 is 2.35 bits per heavy atom. The van der Waals surface area contributed by atoms with E-state index in [-0.39, 0.29) is 5.28 Å². The molecule has 88 valence electrons. The lowest BCUT2D eigenvalue weighted by Crippen LogP contribution is -2.11. The van der Waals surface area contributed by atoms with Crippen molar-refractivity contribution in [1.82, 2.24) is 9.97 Å². The highest BCUT2D eigenvalue weighted by atomic mass is 35.5. The fraction of sp³-hybridized carbons (Fsp3) is 0.231. The van der Waals surface area contributed by atoms with Crippen LogP contribution in [0.25, 0.3) is 0 Å². The van der Waals surface area contributed by atoms with Crippen LogP contribution in [0.2, 0.25) is 5.28 Å². The Kier molecular flexibility index (Phi) is 3.29. The summed E-state index contributed by atoms with van der Waals surface area (Å²) in [5.41, 5.74) is 3.55. The maximum atomic E-state index is 5.79. The van der Waals surface area contributed by atoms with Crippen molar-refractivity contribution in [1.29, 1.82) is 0 Å². The molecule has 4 heteroatoms. The highest BCUT2D eigenvalue weighted by molar-refractivity contribution is 6.28. The zero-order chi connectivity index (χ0) is 12.4. The fourth-order valence-corrected chi connectivity index (χ4v) is 1.93. The minimum atomic E-state index is 0.263. The molecule has 0 saturated carbocycles. The third kappa shape index (κ3) is 2.74. The number of aryl methyl sites for hydroxylation is 2. The molecule has 0 fully saturated rings. The quantitative estimate of drug-likeness (QED) is 0.761. The number of hydrogen-bond acceptors (Lipinski definition) is 3. The molecule has 0 aliphatic rings. The van der Waals surface area contributed by atoms with E-state index in [1.165, 1.54) is 11.1 Å². The van der Waals surface area contributed by atoms with Gasteiger partial charge in [-0.3, -0.25) is 0 Å². The minimum absolute atomic E-state index is 0.263. The molecule has 0 amide bonds. The maximum Gasteiger partial charge on any atom is 0.224 e. The Bertz CT molecular complexity index is 520. The lowest BCUT2D eigenvalue weighted by molar-refractivity contribution is 1.08. The predicted octanol–water partition coefficient (Wildman–Crippen LogP) is 3.51. The van der Waals surface area contributed by atoms with E-state index in [0.29, 0.717) is 0 Å². The molecule has 0 N–H and O–H groups in total. The normalized spacial score (nSPS) is 10.4. The monoisotopic (exact) mass is 247 g/mol. The molecule has 1 aromatic heterocycles. The third-order valence-electron chi connectivity index (χ3n) is 2.55. The first-order chi connectivity index (χ1) is 8.06. The molecule has 2 aromatic rings. The Labute approximate surface area is 106 Å². The molecule has 0 radical (unpaired) electrons. The van der Waals surface area contributed by atoms with Crippen molar-refractivity contribution >= 4 is 23.1 Å². The van der Waals surface area contributed by atoms with Gasteiger partial charge in [-0.15, -0.1) is 0 Å². The first-order valence-electron chi connectivity index (χ1n) is 5.37. The lowest BCUT2D eigenvalue weighted by Gasteiger charge is -2.19. The minimum Gasteiger partial charge on any atom is -0.329 e. The molecular formula is C13H14ClN3. The van der Waals surface area contributed by atoms with Crippen LogP contribution in [0.3, 0.4) is 0 Å². The molecule has 1 heterocycles. The SMILES string of the molecule is Cc1cc(C)cc(N(C)c2ccnc(Cl)n2)c1. The average Bonchev–Trinajstić information content (AvgIpc) is 2.26. The lowest BCUT2D eigenvalue weighted by atomic mass is 10.1. The van der Waals surface area contributed by atoms with Crippen LogP contribution >= 0.6 is 11.6 Å². The van der Waals surface area contributed by atoms with Gasteiger partial charge in [-0.1, -0.05) is 6.07 Å². The average molecular weight is 248 g/mol. The number of nitrogens with zero attached hydrogens (tertiary/aromatic N) is 3. The summed E-state index contributed by atoms with van der Waals surface area (Å²) < 4.78 is 0. The second-order valence-electron chi connectivity index (χ2n) is 4.09. The Balaban J connectivity index is 2.39. The smallest absolute Gasteiger partial charge is 0.224 e. The summed E-state index contributed by atoms with van der Waals surface area (Å²) in [5.74, 6) is 0.787. The number of anilines is 2. The largest absolute Gasteiger partial charge is 0.329 e. The Hall–Kier alpha value is -1.61. The van der Waals surface area contributed by atoms with Crippen molar-refractivity contribution in [3.8, 4) is 0 Å². The highest BCUT2D eigenvalue weighted by Crippen LogP contribution is 2.24. The second kappa shape index (κ2) is 4.72. The fourth-order valence-electron chi connectivity index (χ4n) is 1.79. The van der Waals surface area contributed by atoms with Crippen molar-refractivity contribution in [2.24, 2.45) is 0 Å². The van der Waals surface area contributed by atoms with Crippen molar-refractivity contribution in [2.75, 3.05) is 11.9 Å². The number of aromatic nitrogens is 2. The molecule has 2 rings (SSSR count). The van der Waals surface area contributed by atoms with E-state index in [2.05, 4.69) is 42.0 Å². The van der Waals surface area contributed by atoms with E-state index in [1.54, 1.807) is 6.20 Å². The molecule has 1 aromatic carbocycles. The van der Waals surface area contributed by atoms with Gasteiger partial charge in [0.05, 0.1) is 0 Å². The van der Waals surface area contributed by atoms with Crippen LogP contribution in [-0.4, -0.2) is 17.0 Å². The Morgan fingerprint density at radius 1 is 1.12 bits per heavy atom. The second-order valence-corrected chi connectivity index (χ2v) is 4.43. The van der Waals surface area contributed by atoms with Crippen molar-refractivity contribution in [2.45, 2.75) is 13.8 Å². The molecule has 0 spiro atoms. The molecule has 0 saturated heterocycles. The van der Waals surface area contributed by atoms with Gasteiger partial charge in [-0.25, -0.2) is 9.97 Å². The van der Waals surface area contributed by atoms with Crippen LogP contribution in [0.1, 0.15) is 11.1 Å². The highest BCUT2D eigenvalue weighted by Gasteiger charge is 2.07. The van der Waals surface area contributed by atoms with Gasteiger partial charge < -0.3 is 4.90 Å². The summed E-state index contributed by atoms with van der Waals surface area (Å²) in [6.45, 7) is 4.16. The first-order valence-corrected chi connectivity index (χ1v) is 5.74. The van der Waals surface area contributed by atoms with Gasteiger partial charge in [0.2, 0.25) is 5.28 Å². The van der Waals surface area contributed by atoms with Crippen LogP contribution in [-0.2, 0) is 0 Å². The Morgan fingerprint density at radius 2 is 1.76 bits per heavy atom. The summed E-state index contributed by atoms with van der Waals surface area (Å²) in [6, 6.07) is 8.21. The number of rotatable bonds is 2. The van der Waals surface area contributed by atoms with Crippen LogP contribution in [0.5, 0.6) is 0 Å². The number of hydrogen-bond donors (Lipinski definition) is 0. The van der Waals surface area contributed by atoms with Gasteiger partial charge in [0.1, 0.15) is 5.82 Å². The molecule has 0 aliphatic carbocycles. The molecule has 17 heavy (non-hydrogen) atoms. The van der Waals surface area contributed by atoms with Gasteiger partial charge in [-0.05, 0) is 54.8 Å². The van der Waals surface area contributed by atoms with Gasteiger partial charge in [0.25, 0.3) is 0 Å². The van der Waals surface area contributed by atoms with E-state index >= 15 is 0 Å². The van der Waals surface area contributed by atoms with Crippen LogP contribution < -0.4 is 4.90 Å². The van der Waals surface area contributed by atoms with Crippen molar-refractivity contribution in [3.63, 3.8) is 0 Å². The molecular weight excluding hydrogens is 234 g/mol. The summed E-state index contributed by atoms with van der Waals surface area (Å²) in [4.78, 5) is 10.1. The van der Waals surface area contributed by atoms with E-state index in [0.717, 1.165) is 11.5 Å². The van der Waals surface area contributed by atoms with E-state index in [1.807, 2.05) is 18.0 Å². The van der Waals surface area contributed by atoms with E-state index < -0.39 is 0 Å². The molecule has 0 atom stereocenters. The number of halogens is 1. The first kappa shape index (κ1) is 11.9. The maximum absolute atomic E-state index is 5.79. The van der Waals surface area contributed by atoms with Crippen molar-refractivity contribution < 1.29 is 0 Å². The van der Waals surface area contributed by atoms with Gasteiger partial charge in [0, 0.05) is 18.9 Å². The zero-order valence-corrected chi connectivity index (χ0v) is 10.9. The predicted molar refractivity (Wildman–Crippen MR) is 71.0 cm³/mol. The zero-order valence-electron chi connectivity index (χ0n) is 10.1. The molecule has 0 aliphatic heterocycles. The van der Waals surface area contributed by atoms with Gasteiger partial charge >= 0.3 is 0 Å². The number of benzene rings is 1. The summed E-state index contributed by atoms with van der Waals surface area (Å²) in [5, 5.41) is 0.263. The summed E-state index contributed by atoms with van der Waals surface area (Å²) >= 11 is 5.79. The van der Waals surface area contributed by atoms with Crippen LogP contribution in [0, 0.1) is 13.8 Å². The molecule has 3 nitrogen and oxygen atoms in total. The van der Waals surface area contributed by atoms with Gasteiger partial charge in [-0.2, -0.15) is 0 Å². The van der Waals surface area contributed by atoms with E-state index in [9.17, 15) is 0 Å². The van der Waals surface area contributed by atoms with E-state index in [4.69, 9.17) is 11.6 Å².